The molecule has 7 heteroatoms. The molecule has 0 amide bonds. The van der Waals surface area contributed by atoms with Gasteiger partial charge in [0, 0.05) is 24.2 Å². The van der Waals surface area contributed by atoms with Gasteiger partial charge < -0.3 is 9.90 Å². The Kier molecular flexibility index (Phi) is 5.29. The summed E-state index contributed by atoms with van der Waals surface area (Å²) in [5.74, 6) is -1.35. The molecule has 0 spiro atoms. The summed E-state index contributed by atoms with van der Waals surface area (Å²) in [7, 11) is 0. The molecule has 0 saturated heterocycles. The quantitative estimate of drug-likeness (QED) is 0.286. The molecule has 1 heterocycles. The largest absolute Gasteiger partial charge is 1.00 e. The molecule has 0 saturated carbocycles. The van der Waals surface area contributed by atoms with Gasteiger partial charge in [0.2, 0.25) is 0 Å². The normalized spacial score (nSPS) is 8.86. The van der Waals surface area contributed by atoms with Crippen molar-refractivity contribution in [3.63, 3.8) is 0 Å². The van der Waals surface area contributed by atoms with Crippen molar-refractivity contribution in [2.75, 3.05) is 0 Å². The fourth-order valence-corrected chi connectivity index (χ4v) is 0.884. The Balaban J connectivity index is 0.00000169. The van der Waals surface area contributed by atoms with Gasteiger partial charge in [0.25, 0.3) is 5.69 Å². The smallest absolute Gasteiger partial charge is 0.550 e. The molecule has 0 radical (unpaired) electrons. The monoisotopic (exact) mass is 204 g/mol. The van der Waals surface area contributed by atoms with E-state index in [9.17, 15) is 20.0 Å². The molecule has 6 nitrogen and oxygen atoms in total. The van der Waals surface area contributed by atoms with Gasteiger partial charge >= 0.3 is 29.6 Å². The summed E-state index contributed by atoms with van der Waals surface area (Å²) in [6.45, 7) is 0. The number of rotatable bonds is 3. The van der Waals surface area contributed by atoms with E-state index in [-0.39, 0.29) is 40.8 Å². The van der Waals surface area contributed by atoms with E-state index >= 15 is 0 Å². The summed E-state index contributed by atoms with van der Waals surface area (Å²) in [6.07, 6.45) is 1.84. The number of carbonyl (C=O) groups is 1. The minimum Gasteiger partial charge on any atom is -0.550 e. The van der Waals surface area contributed by atoms with Gasteiger partial charge in [-0.25, -0.2) is 0 Å². The van der Waals surface area contributed by atoms with Crippen LogP contribution in [0.4, 0.5) is 5.69 Å². The van der Waals surface area contributed by atoms with Crippen LogP contribution in [0.2, 0.25) is 0 Å². The molecule has 0 N–H and O–H groups in total. The number of aromatic nitrogens is 1. The maximum atomic E-state index is 10.4. The van der Waals surface area contributed by atoms with Crippen LogP contribution in [0, 0.1) is 10.1 Å². The maximum absolute atomic E-state index is 10.4. The number of hydrogen-bond donors (Lipinski definition) is 0. The van der Waals surface area contributed by atoms with Crippen molar-refractivity contribution in [3.8, 4) is 0 Å². The van der Waals surface area contributed by atoms with Gasteiger partial charge in [0.05, 0.1) is 4.92 Å². The third-order valence-electron chi connectivity index (χ3n) is 1.42. The zero-order chi connectivity index (χ0) is 9.84. The average molecular weight is 204 g/mol. The van der Waals surface area contributed by atoms with Crippen LogP contribution in [-0.4, -0.2) is 15.9 Å². The number of aliphatic carboxylic acids is 1. The Hall–Kier alpha value is -0.980. The molecule has 0 aromatic carbocycles. The van der Waals surface area contributed by atoms with Crippen molar-refractivity contribution in [1.82, 2.24) is 4.98 Å². The third kappa shape index (κ3) is 3.41. The number of carbonyl (C=O) groups excluding carboxylic acids is 1. The van der Waals surface area contributed by atoms with Crippen LogP contribution in [0.25, 0.3) is 0 Å². The summed E-state index contributed by atoms with van der Waals surface area (Å²) < 4.78 is 0. The second kappa shape index (κ2) is 5.69. The van der Waals surface area contributed by atoms with Gasteiger partial charge in [0.15, 0.2) is 0 Å². The summed E-state index contributed by atoms with van der Waals surface area (Å²) in [6, 6.07) is 1.29. The minimum absolute atomic E-state index is 0. The molecule has 1 rings (SSSR count). The summed E-state index contributed by atoms with van der Waals surface area (Å²) in [4.78, 5) is 23.4. The van der Waals surface area contributed by atoms with Gasteiger partial charge in [-0.15, -0.1) is 0 Å². The first kappa shape index (κ1) is 13.0. The van der Waals surface area contributed by atoms with E-state index in [1.54, 1.807) is 0 Å². The van der Waals surface area contributed by atoms with Crippen molar-refractivity contribution >= 4 is 11.7 Å². The Morgan fingerprint density at radius 1 is 1.57 bits per heavy atom. The van der Waals surface area contributed by atoms with E-state index in [2.05, 4.69) is 4.98 Å². The predicted octanol–water partition coefficient (Wildman–Crippen LogP) is -3.71. The van der Waals surface area contributed by atoms with Crippen LogP contribution in [0.5, 0.6) is 0 Å². The second-order valence-electron chi connectivity index (χ2n) is 2.31. The first-order valence-corrected chi connectivity index (χ1v) is 3.38. The predicted molar refractivity (Wildman–Crippen MR) is 39.6 cm³/mol. The van der Waals surface area contributed by atoms with Crippen molar-refractivity contribution in [3.05, 3.63) is 34.1 Å². The molecule has 0 aliphatic heterocycles. The van der Waals surface area contributed by atoms with Crippen molar-refractivity contribution < 1.29 is 44.4 Å². The average Bonchev–Trinajstić information content (AvgIpc) is 2.03. The molecule has 1 aromatic heterocycles. The van der Waals surface area contributed by atoms with E-state index < -0.39 is 17.3 Å². The summed E-state index contributed by atoms with van der Waals surface area (Å²) in [5.41, 5.74) is -0.202. The zero-order valence-corrected chi connectivity index (χ0v) is 9.47. The van der Waals surface area contributed by atoms with Crippen LogP contribution in [-0.2, 0) is 11.2 Å². The van der Waals surface area contributed by atoms with Gasteiger partial charge in [-0.3, -0.25) is 15.1 Å². The van der Waals surface area contributed by atoms with E-state index in [1.807, 2.05) is 0 Å². The molecular weight excluding hydrogens is 199 g/mol. The molecule has 0 bridgehead atoms. The van der Waals surface area contributed by atoms with Crippen LogP contribution < -0.4 is 34.7 Å². The molecule has 1 aromatic rings. The molecule has 68 valence electrons. The molecule has 14 heavy (non-hydrogen) atoms. The minimum atomic E-state index is -1.35. The Morgan fingerprint density at radius 2 is 2.21 bits per heavy atom. The molecule has 0 aliphatic rings. The fourth-order valence-electron chi connectivity index (χ4n) is 0.884. The van der Waals surface area contributed by atoms with Crippen LogP contribution in [0.3, 0.4) is 0 Å². The number of carboxylic acids is 1. The third-order valence-corrected chi connectivity index (χ3v) is 1.42. The van der Waals surface area contributed by atoms with Gasteiger partial charge in [-0.1, -0.05) is 0 Å². The zero-order valence-electron chi connectivity index (χ0n) is 7.47. The molecule has 0 fully saturated rings. The first-order chi connectivity index (χ1) is 6.11. The van der Waals surface area contributed by atoms with Crippen LogP contribution in [0.1, 0.15) is 5.56 Å². The topological polar surface area (TPSA) is 96.2 Å². The van der Waals surface area contributed by atoms with Gasteiger partial charge in [-0.05, 0) is 6.07 Å². The number of carboxylic acid groups (broad SMARTS) is 1. The summed E-state index contributed by atoms with van der Waals surface area (Å²) >= 11 is 0. The molecule has 0 atom stereocenters. The van der Waals surface area contributed by atoms with E-state index in [4.69, 9.17) is 0 Å². The second-order valence-corrected chi connectivity index (χ2v) is 2.31. The van der Waals surface area contributed by atoms with Crippen LogP contribution >= 0.6 is 0 Å². The van der Waals surface area contributed by atoms with Crippen molar-refractivity contribution in [2.24, 2.45) is 0 Å². The van der Waals surface area contributed by atoms with E-state index in [1.165, 1.54) is 12.3 Å². The molecule has 0 unspecified atom stereocenters. The number of nitro groups is 1. The SMILES string of the molecule is O=C([O-])Cc1ccncc1[N+](=O)[O-].[Na+]. The van der Waals surface area contributed by atoms with Crippen molar-refractivity contribution in [1.29, 1.82) is 0 Å². The van der Waals surface area contributed by atoms with E-state index in [0.717, 1.165) is 6.20 Å². The number of pyridine rings is 1. The summed E-state index contributed by atoms with van der Waals surface area (Å²) in [5, 5.41) is 20.5. The maximum Gasteiger partial charge on any atom is 1.00 e. The molecular formula is C7H5N2NaO4. The van der Waals surface area contributed by atoms with Crippen LogP contribution in [0.15, 0.2) is 18.5 Å². The first-order valence-electron chi connectivity index (χ1n) is 3.38. The number of nitrogens with zero attached hydrogens (tertiary/aromatic N) is 2. The van der Waals surface area contributed by atoms with Gasteiger partial charge in [-0.2, -0.15) is 0 Å². The van der Waals surface area contributed by atoms with Crippen molar-refractivity contribution in [2.45, 2.75) is 6.42 Å². The molecule has 0 aliphatic carbocycles. The Bertz CT molecular complexity index is 355. The van der Waals surface area contributed by atoms with Gasteiger partial charge in [0.1, 0.15) is 6.20 Å². The standard InChI is InChI=1S/C7H6N2O4.Na/c10-7(11)3-5-1-2-8-4-6(5)9(12)13;/h1-2,4H,3H2,(H,10,11);/q;+1/p-1. The Labute approximate surface area is 101 Å². The van der Waals surface area contributed by atoms with E-state index in [0.29, 0.717) is 0 Å². The number of hydrogen-bond acceptors (Lipinski definition) is 5. The Morgan fingerprint density at radius 3 is 2.71 bits per heavy atom. The fraction of sp³-hybridized carbons (Fsp3) is 0.143.